The fourth-order valence-electron chi connectivity index (χ4n) is 1.96. The number of nitrogens with zero attached hydrogens (tertiary/aromatic N) is 2. The van der Waals surface area contributed by atoms with Crippen LogP contribution in [0.15, 0.2) is 18.2 Å². The first kappa shape index (κ1) is 11.3. The molecule has 0 atom stereocenters. The lowest BCUT2D eigenvalue weighted by Gasteiger charge is -2.43. The van der Waals surface area contributed by atoms with Gasteiger partial charge in [0.2, 0.25) is 0 Å². The fourth-order valence-corrected chi connectivity index (χ4v) is 2.19. The molecule has 1 aromatic carbocycles. The Balaban J connectivity index is 2.14. The van der Waals surface area contributed by atoms with Crippen molar-refractivity contribution in [2.75, 3.05) is 18.0 Å². The van der Waals surface area contributed by atoms with Crippen LogP contribution in [0.1, 0.15) is 19.4 Å². The van der Waals surface area contributed by atoms with Crippen LogP contribution in [-0.4, -0.2) is 13.1 Å². The zero-order valence-corrected chi connectivity index (χ0v) is 10.3. The molecule has 0 N–H and O–H groups in total. The lowest BCUT2D eigenvalue weighted by atomic mass is 9.88. The van der Waals surface area contributed by atoms with Gasteiger partial charge in [0, 0.05) is 13.1 Å². The highest BCUT2D eigenvalue weighted by atomic mass is 35.5. The number of nitriles is 1. The molecule has 0 unspecified atom stereocenters. The van der Waals surface area contributed by atoms with Crippen LogP contribution in [0.3, 0.4) is 0 Å². The summed E-state index contributed by atoms with van der Waals surface area (Å²) >= 11 is 6.14. The summed E-state index contributed by atoms with van der Waals surface area (Å²) in [4.78, 5) is 2.24. The SMILES string of the molecule is CC(C)C1CN(c2cc(C#N)ccc2Cl)C1. The predicted octanol–water partition coefficient (Wildman–Crippen LogP) is 3.30. The summed E-state index contributed by atoms with van der Waals surface area (Å²) in [6, 6.07) is 7.58. The molecular weight excluding hydrogens is 220 g/mol. The van der Waals surface area contributed by atoms with Gasteiger partial charge in [0.15, 0.2) is 0 Å². The van der Waals surface area contributed by atoms with Crippen LogP contribution in [0.2, 0.25) is 5.02 Å². The molecule has 2 rings (SSSR count). The molecule has 1 fully saturated rings. The molecule has 0 amide bonds. The number of anilines is 1. The fraction of sp³-hybridized carbons (Fsp3) is 0.462. The molecular formula is C13H15ClN2. The van der Waals surface area contributed by atoms with Crippen LogP contribution in [0.25, 0.3) is 0 Å². The van der Waals surface area contributed by atoms with Gasteiger partial charge in [0.05, 0.1) is 22.3 Å². The van der Waals surface area contributed by atoms with Gasteiger partial charge < -0.3 is 4.90 Å². The van der Waals surface area contributed by atoms with Crippen molar-refractivity contribution in [3.8, 4) is 6.07 Å². The van der Waals surface area contributed by atoms with Crippen LogP contribution in [-0.2, 0) is 0 Å². The number of hydrogen-bond acceptors (Lipinski definition) is 2. The minimum Gasteiger partial charge on any atom is -0.370 e. The second-order valence-electron chi connectivity index (χ2n) is 4.69. The van der Waals surface area contributed by atoms with E-state index in [1.165, 1.54) is 0 Å². The molecule has 0 spiro atoms. The van der Waals surface area contributed by atoms with Crippen molar-refractivity contribution in [3.05, 3.63) is 28.8 Å². The monoisotopic (exact) mass is 234 g/mol. The molecule has 0 aromatic heterocycles. The lowest BCUT2D eigenvalue weighted by Crippen LogP contribution is -2.49. The minimum atomic E-state index is 0.674. The van der Waals surface area contributed by atoms with Crippen LogP contribution >= 0.6 is 11.6 Å². The first-order valence-electron chi connectivity index (χ1n) is 5.56. The van der Waals surface area contributed by atoms with Gasteiger partial charge >= 0.3 is 0 Å². The van der Waals surface area contributed by atoms with Crippen molar-refractivity contribution in [1.82, 2.24) is 0 Å². The first-order valence-corrected chi connectivity index (χ1v) is 5.94. The van der Waals surface area contributed by atoms with Crippen molar-refractivity contribution < 1.29 is 0 Å². The van der Waals surface area contributed by atoms with Gasteiger partial charge in [0.1, 0.15) is 0 Å². The van der Waals surface area contributed by atoms with Gasteiger partial charge in [-0.05, 0) is 30.0 Å². The topological polar surface area (TPSA) is 27.0 Å². The van der Waals surface area contributed by atoms with E-state index in [2.05, 4.69) is 24.8 Å². The van der Waals surface area contributed by atoms with Crippen molar-refractivity contribution >= 4 is 17.3 Å². The predicted molar refractivity (Wildman–Crippen MR) is 66.7 cm³/mol. The maximum atomic E-state index is 8.85. The molecule has 1 aromatic rings. The zero-order valence-electron chi connectivity index (χ0n) is 9.57. The number of rotatable bonds is 2. The maximum Gasteiger partial charge on any atom is 0.0992 e. The Morgan fingerprint density at radius 3 is 2.69 bits per heavy atom. The first-order chi connectivity index (χ1) is 7.61. The molecule has 0 aliphatic carbocycles. The zero-order chi connectivity index (χ0) is 11.7. The average molecular weight is 235 g/mol. The smallest absolute Gasteiger partial charge is 0.0992 e. The van der Waals surface area contributed by atoms with Crippen LogP contribution in [0, 0.1) is 23.2 Å². The van der Waals surface area contributed by atoms with Crippen molar-refractivity contribution in [2.24, 2.45) is 11.8 Å². The van der Waals surface area contributed by atoms with E-state index in [0.29, 0.717) is 11.5 Å². The van der Waals surface area contributed by atoms with E-state index in [-0.39, 0.29) is 0 Å². The highest BCUT2D eigenvalue weighted by Crippen LogP contribution is 2.34. The molecule has 1 aliphatic heterocycles. The van der Waals surface area contributed by atoms with Gasteiger partial charge in [-0.1, -0.05) is 25.4 Å². The summed E-state index contributed by atoms with van der Waals surface area (Å²) in [5.41, 5.74) is 1.67. The largest absolute Gasteiger partial charge is 0.370 e. The van der Waals surface area contributed by atoms with Gasteiger partial charge in [-0.15, -0.1) is 0 Å². The quantitative estimate of drug-likeness (QED) is 0.785. The maximum absolute atomic E-state index is 8.85. The van der Waals surface area contributed by atoms with E-state index in [4.69, 9.17) is 16.9 Å². The van der Waals surface area contributed by atoms with Gasteiger partial charge in [-0.25, -0.2) is 0 Å². The molecule has 16 heavy (non-hydrogen) atoms. The summed E-state index contributed by atoms with van der Waals surface area (Å²) in [5.74, 6) is 1.47. The molecule has 2 nitrogen and oxygen atoms in total. The molecule has 0 radical (unpaired) electrons. The lowest BCUT2D eigenvalue weighted by molar-refractivity contribution is 0.310. The molecule has 3 heteroatoms. The third kappa shape index (κ3) is 2.01. The highest BCUT2D eigenvalue weighted by molar-refractivity contribution is 6.33. The van der Waals surface area contributed by atoms with Gasteiger partial charge in [-0.2, -0.15) is 5.26 Å². The Bertz CT molecular complexity index is 428. The Hall–Kier alpha value is -1.20. The van der Waals surface area contributed by atoms with E-state index in [0.717, 1.165) is 29.7 Å². The highest BCUT2D eigenvalue weighted by Gasteiger charge is 2.30. The number of hydrogen-bond donors (Lipinski definition) is 0. The summed E-state index contributed by atoms with van der Waals surface area (Å²) in [6.45, 7) is 6.59. The molecule has 84 valence electrons. The Kier molecular flexibility index (Phi) is 3.07. The average Bonchev–Trinajstić information content (AvgIpc) is 2.18. The summed E-state index contributed by atoms with van der Waals surface area (Å²) in [6.07, 6.45) is 0. The second-order valence-corrected chi connectivity index (χ2v) is 5.09. The third-order valence-corrected chi connectivity index (χ3v) is 3.59. The standard InChI is InChI=1S/C13H15ClN2/c1-9(2)11-7-16(8-11)13-5-10(6-15)3-4-12(13)14/h3-5,9,11H,7-8H2,1-2H3. The molecule has 1 aliphatic rings. The minimum absolute atomic E-state index is 0.674. The van der Waals surface area contributed by atoms with E-state index in [1.54, 1.807) is 12.1 Å². The van der Waals surface area contributed by atoms with Gasteiger partial charge in [-0.3, -0.25) is 0 Å². The van der Waals surface area contributed by atoms with E-state index >= 15 is 0 Å². The second kappa shape index (κ2) is 4.35. The van der Waals surface area contributed by atoms with E-state index in [1.807, 2.05) is 6.07 Å². The number of halogens is 1. The van der Waals surface area contributed by atoms with Gasteiger partial charge in [0.25, 0.3) is 0 Å². The molecule has 0 saturated carbocycles. The van der Waals surface area contributed by atoms with E-state index in [9.17, 15) is 0 Å². The Morgan fingerprint density at radius 2 is 2.12 bits per heavy atom. The number of benzene rings is 1. The van der Waals surface area contributed by atoms with Crippen LogP contribution in [0.4, 0.5) is 5.69 Å². The van der Waals surface area contributed by atoms with Crippen LogP contribution in [0.5, 0.6) is 0 Å². The summed E-state index contributed by atoms with van der Waals surface area (Å²) < 4.78 is 0. The van der Waals surface area contributed by atoms with Crippen molar-refractivity contribution in [3.63, 3.8) is 0 Å². The van der Waals surface area contributed by atoms with Crippen LogP contribution < -0.4 is 4.90 Å². The Morgan fingerprint density at radius 1 is 1.44 bits per heavy atom. The van der Waals surface area contributed by atoms with Crippen molar-refractivity contribution in [1.29, 1.82) is 5.26 Å². The third-order valence-electron chi connectivity index (χ3n) is 3.27. The summed E-state index contributed by atoms with van der Waals surface area (Å²) in [5, 5.41) is 9.59. The summed E-state index contributed by atoms with van der Waals surface area (Å²) in [7, 11) is 0. The van der Waals surface area contributed by atoms with Crippen molar-refractivity contribution in [2.45, 2.75) is 13.8 Å². The molecule has 0 bridgehead atoms. The van der Waals surface area contributed by atoms with E-state index < -0.39 is 0 Å². The Labute approximate surface area is 101 Å². The molecule has 1 saturated heterocycles. The molecule has 1 heterocycles. The normalized spacial score (nSPS) is 16.1.